The third-order valence-electron chi connectivity index (χ3n) is 4.89. The van der Waals surface area contributed by atoms with E-state index >= 15 is 0 Å². The number of hydrazone groups is 1. The van der Waals surface area contributed by atoms with Gasteiger partial charge < -0.3 is 15.2 Å². The maximum Gasteiger partial charge on any atom is 0.231 e. The van der Waals surface area contributed by atoms with E-state index in [1.54, 1.807) is 0 Å². The summed E-state index contributed by atoms with van der Waals surface area (Å²) in [5, 5.41) is 17.2. The Bertz CT molecular complexity index is 1080. The van der Waals surface area contributed by atoms with Crippen LogP contribution in [0.1, 0.15) is 28.6 Å². The number of anilines is 2. The molecule has 2 aliphatic heterocycles. The Hall–Kier alpha value is -3.13. The zero-order valence-electron chi connectivity index (χ0n) is 15.5. The van der Waals surface area contributed by atoms with Crippen molar-refractivity contribution >= 4 is 27.9 Å². The van der Waals surface area contributed by atoms with Crippen LogP contribution in [0.5, 0.6) is 11.5 Å². The van der Waals surface area contributed by atoms with E-state index in [1.165, 1.54) is 11.3 Å². The lowest BCUT2D eigenvalue weighted by Gasteiger charge is -2.21. The molecule has 142 valence electrons. The molecule has 2 aromatic carbocycles. The maximum atomic E-state index is 5.90. The Morgan fingerprint density at radius 3 is 2.57 bits per heavy atom. The first-order valence-electron chi connectivity index (χ1n) is 9.05. The maximum absolute atomic E-state index is 5.90. The summed E-state index contributed by atoms with van der Waals surface area (Å²) in [5.74, 6) is 1.53. The molecule has 0 amide bonds. The minimum absolute atomic E-state index is 0.109. The number of nitrogens with two attached hydrogens (primary N) is 1. The second-order valence-corrected chi connectivity index (χ2v) is 8.09. The molecular formula is C20H19N5O2S. The zero-order chi connectivity index (χ0) is 19.3. The van der Waals surface area contributed by atoms with Crippen molar-refractivity contribution in [2.75, 3.05) is 17.5 Å². The van der Waals surface area contributed by atoms with Crippen molar-refractivity contribution in [1.29, 1.82) is 0 Å². The molecule has 0 saturated heterocycles. The molecule has 3 heterocycles. The molecule has 2 N–H and O–H groups in total. The second-order valence-electron chi connectivity index (χ2n) is 6.93. The number of hydrogen-bond acceptors (Lipinski definition) is 8. The highest BCUT2D eigenvalue weighted by Gasteiger charge is 2.28. The van der Waals surface area contributed by atoms with Gasteiger partial charge >= 0.3 is 0 Å². The van der Waals surface area contributed by atoms with E-state index in [2.05, 4.69) is 23.2 Å². The average Bonchev–Trinajstić information content (AvgIpc) is 3.28. The van der Waals surface area contributed by atoms with Crippen molar-refractivity contribution in [3.63, 3.8) is 0 Å². The van der Waals surface area contributed by atoms with Crippen molar-refractivity contribution in [2.45, 2.75) is 26.3 Å². The molecule has 0 radical (unpaired) electrons. The van der Waals surface area contributed by atoms with Crippen molar-refractivity contribution < 1.29 is 9.47 Å². The summed E-state index contributed by atoms with van der Waals surface area (Å²) in [4.78, 5) is 0. The molecule has 1 atom stereocenters. The third kappa shape index (κ3) is 2.86. The van der Waals surface area contributed by atoms with Crippen LogP contribution in [0.3, 0.4) is 0 Å². The van der Waals surface area contributed by atoms with Crippen molar-refractivity contribution in [1.82, 2.24) is 10.2 Å². The van der Waals surface area contributed by atoms with Crippen LogP contribution in [0.25, 0.3) is 0 Å². The van der Waals surface area contributed by atoms with Gasteiger partial charge in [-0.1, -0.05) is 23.5 Å². The van der Waals surface area contributed by atoms with E-state index in [-0.39, 0.29) is 12.8 Å². The van der Waals surface area contributed by atoms with Gasteiger partial charge in [-0.25, -0.2) is 5.01 Å². The van der Waals surface area contributed by atoms with E-state index in [1.807, 2.05) is 42.3 Å². The van der Waals surface area contributed by atoms with E-state index in [0.29, 0.717) is 5.69 Å². The number of aromatic nitrogens is 2. The smallest absolute Gasteiger partial charge is 0.231 e. The molecule has 1 aromatic heterocycles. The van der Waals surface area contributed by atoms with Crippen molar-refractivity contribution in [2.24, 2.45) is 5.10 Å². The normalized spacial score (nSPS) is 17.9. The first-order valence-corrected chi connectivity index (χ1v) is 9.87. The zero-order valence-corrected chi connectivity index (χ0v) is 16.4. The van der Waals surface area contributed by atoms with Gasteiger partial charge in [0.15, 0.2) is 11.5 Å². The number of ether oxygens (including phenoxy) is 2. The summed E-state index contributed by atoms with van der Waals surface area (Å²) in [7, 11) is 0. The lowest BCUT2D eigenvalue weighted by Crippen LogP contribution is -2.29. The molecule has 7 nitrogen and oxygen atoms in total. The largest absolute Gasteiger partial charge is 0.454 e. The van der Waals surface area contributed by atoms with Crippen LogP contribution in [-0.4, -0.2) is 28.7 Å². The summed E-state index contributed by atoms with van der Waals surface area (Å²) in [6.07, 6.45) is 0.798. The minimum Gasteiger partial charge on any atom is -0.454 e. The third-order valence-corrected chi connectivity index (χ3v) is 5.72. The summed E-state index contributed by atoms with van der Waals surface area (Å²) < 4.78 is 11.2. The first kappa shape index (κ1) is 17.0. The average molecular weight is 393 g/mol. The highest BCUT2D eigenvalue weighted by atomic mass is 32.1. The van der Waals surface area contributed by atoms with Crippen LogP contribution in [-0.2, 0) is 6.42 Å². The van der Waals surface area contributed by atoms with Gasteiger partial charge in [-0.3, -0.25) is 0 Å². The van der Waals surface area contributed by atoms with Gasteiger partial charge in [-0.15, -0.1) is 10.2 Å². The quantitative estimate of drug-likeness (QED) is 0.672. The molecule has 0 aliphatic carbocycles. The number of nitrogens with zero attached hydrogens (tertiary/aromatic N) is 4. The lowest BCUT2D eigenvalue weighted by atomic mass is 9.94. The number of benzene rings is 2. The lowest BCUT2D eigenvalue weighted by molar-refractivity contribution is 0.174. The molecule has 5 rings (SSSR count). The van der Waals surface area contributed by atoms with Gasteiger partial charge in [0.2, 0.25) is 11.9 Å². The Balaban J connectivity index is 1.71. The van der Waals surface area contributed by atoms with Gasteiger partial charge in [0.05, 0.1) is 11.8 Å². The number of hydrogen-bond donors (Lipinski definition) is 1. The topological polar surface area (TPSA) is 85.9 Å². The molecule has 0 spiro atoms. The van der Waals surface area contributed by atoms with Crippen LogP contribution in [0.4, 0.5) is 10.8 Å². The Kier molecular flexibility index (Phi) is 3.94. The van der Waals surface area contributed by atoms with E-state index in [0.717, 1.165) is 50.5 Å². The molecule has 0 bridgehead atoms. The van der Waals surface area contributed by atoms with Crippen molar-refractivity contribution in [3.8, 4) is 11.5 Å². The Labute approximate surface area is 166 Å². The molecule has 0 unspecified atom stereocenters. The first-order chi connectivity index (χ1) is 13.6. The summed E-state index contributed by atoms with van der Waals surface area (Å²) in [6.45, 7) is 4.33. The molecule has 2 aliphatic rings. The molecular weight excluding hydrogens is 374 g/mol. The summed E-state index contributed by atoms with van der Waals surface area (Å²) in [6, 6.07) is 11.9. The molecule has 0 saturated carbocycles. The molecule has 3 aromatic rings. The van der Waals surface area contributed by atoms with Gasteiger partial charge in [-0.2, -0.15) is 5.10 Å². The van der Waals surface area contributed by atoms with E-state index in [4.69, 9.17) is 20.3 Å². The fraction of sp³-hybridized carbons (Fsp3) is 0.250. The predicted octanol–water partition coefficient (Wildman–Crippen LogP) is 3.36. The summed E-state index contributed by atoms with van der Waals surface area (Å²) in [5.41, 5.74) is 10.6. The molecule has 28 heavy (non-hydrogen) atoms. The van der Waals surface area contributed by atoms with E-state index < -0.39 is 0 Å². The number of rotatable bonds is 2. The van der Waals surface area contributed by atoms with Crippen LogP contribution < -0.4 is 20.2 Å². The standard InChI is InChI=1S/C20H19N5O2S/c1-11-7-14-8-17-18(27-10-26-17)9-16(14)19(13-3-5-15(21)6-4-13)24-25(11)20-23-22-12(2)28-20/h3-6,8-9,11H,7,10,21H2,1-2H3/t11-/m1/s1. The molecule has 8 heteroatoms. The number of fused-ring (bicyclic) bond motifs is 2. The Morgan fingerprint density at radius 1 is 1.11 bits per heavy atom. The molecule has 0 fully saturated rings. The highest BCUT2D eigenvalue weighted by Crippen LogP contribution is 2.38. The number of nitrogen functional groups attached to an aromatic ring is 1. The fourth-order valence-electron chi connectivity index (χ4n) is 3.50. The van der Waals surface area contributed by atoms with Gasteiger partial charge in [0, 0.05) is 16.8 Å². The highest BCUT2D eigenvalue weighted by molar-refractivity contribution is 7.15. The summed E-state index contributed by atoms with van der Waals surface area (Å²) >= 11 is 1.53. The van der Waals surface area contributed by atoms with Gasteiger partial charge in [-0.05, 0) is 50.1 Å². The monoisotopic (exact) mass is 393 g/mol. The minimum atomic E-state index is 0.109. The van der Waals surface area contributed by atoms with Gasteiger partial charge in [0.1, 0.15) is 5.01 Å². The number of aryl methyl sites for hydroxylation is 1. The van der Waals surface area contributed by atoms with E-state index in [9.17, 15) is 0 Å². The predicted molar refractivity (Wildman–Crippen MR) is 109 cm³/mol. The van der Waals surface area contributed by atoms with Crippen LogP contribution in [0.2, 0.25) is 0 Å². The SMILES string of the molecule is Cc1nnc(N2N=C(c3ccc(N)cc3)c3cc4c(cc3C[C@H]2C)OCO4)s1. The van der Waals surface area contributed by atoms with Crippen LogP contribution in [0, 0.1) is 6.92 Å². The van der Waals surface area contributed by atoms with Gasteiger partial charge in [0.25, 0.3) is 0 Å². The van der Waals surface area contributed by atoms with Crippen LogP contribution >= 0.6 is 11.3 Å². The Morgan fingerprint density at radius 2 is 1.86 bits per heavy atom. The van der Waals surface area contributed by atoms with Crippen LogP contribution in [0.15, 0.2) is 41.5 Å². The van der Waals surface area contributed by atoms with Crippen molar-refractivity contribution in [3.05, 3.63) is 58.1 Å². The second kappa shape index (κ2) is 6.49. The fourth-order valence-corrected chi connectivity index (χ4v) is 4.24.